The van der Waals surface area contributed by atoms with Gasteiger partial charge in [0.2, 0.25) is 0 Å². The minimum absolute atomic E-state index is 0.0122. The van der Waals surface area contributed by atoms with Crippen LogP contribution in [0.2, 0.25) is 0 Å². The first-order chi connectivity index (χ1) is 13.8. The number of anilines is 1. The van der Waals surface area contributed by atoms with E-state index >= 15 is 0 Å². The highest BCUT2D eigenvalue weighted by molar-refractivity contribution is 7.98. The Morgan fingerprint density at radius 2 is 1.52 bits per heavy atom. The van der Waals surface area contributed by atoms with Gasteiger partial charge < -0.3 is 10.1 Å². The van der Waals surface area contributed by atoms with Crippen LogP contribution in [0, 0.1) is 0 Å². The molecule has 0 heterocycles. The van der Waals surface area contributed by atoms with Crippen molar-refractivity contribution >= 4 is 40.9 Å². The zero-order chi connectivity index (χ0) is 21.4. The average Bonchev–Trinajstić information content (AvgIpc) is 2.72. The zero-order valence-electron chi connectivity index (χ0n) is 16.6. The number of carbonyl (C=O) groups is 4. The van der Waals surface area contributed by atoms with Crippen molar-refractivity contribution in [2.45, 2.75) is 37.7 Å². The highest BCUT2D eigenvalue weighted by Gasteiger charge is 2.19. The van der Waals surface area contributed by atoms with Gasteiger partial charge in [0.25, 0.3) is 5.91 Å². The van der Waals surface area contributed by atoms with Crippen LogP contribution in [-0.4, -0.2) is 35.8 Å². The number of benzene rings is 2. The second-order valence-corrected chi connectivity index (χ2v) is 7.29. The number of nitrogens with one attached hydrogen (secondary N) is 1. The van der Waals surface area contributed by atoms with E-state index in [9.17, 15) is 19.2 Å². The Morgan fingerprint density at radius 3 is 2.07 bits per heavy atom. The van der Waals surface area contributed by atoms with Gasteiger partial charge >= 0.3 is 5.97 Å². The summed E-state index contributed by atoms with van der Waals surface area (Å²) in [5.41, 5.74) is 1.57. The van der Waals surface area contributed by atoms with Gasteiger partial charge in [0.1, 0.15) is 0 Å². The van der Waals surface area contributed by atoms with Gasteiger partial charge in [0, 0.05) is 28.1 Å². The molecule has 0 aliphatic rings. The second kappa shape index (κ2) is 10.6. The molecule has 6 nitrogen and oxygen atoms in total. The van der Waals surface area contributed by atoms with Crippen molar-refractivity contribution in [1.29, 1.82) is 0 Å². The van der Waals surface area contributed by atoms with Gasteiger partial charge in [0.15, 0.2) is 17.7 Å². The van der Waals surface area contributed by atoms with Gasteiger partial charge in [0.05, 0.1) is 6.42 Å². The second-order valence-electron chi connectivity index (χ2n) is 6.41. The number of hydrogen-bond acceptors (Lipinski definition) is 6. The van der Waals surface area contributed by atoms with Crippen LogP contribution < -0.4 is 5.32 Å². The van der Waals surface area contributed by atoms with Crippen LogP contribution in [0.15, 0.2) is 53.4 Å². The highest BCUT2D eigenvalue weighted by Crippen LogP contribution is 2.16. The van der Waals surface area contributed by atoms with E-state index in [1.54, 1.807) is 48.2 Å². The number of ketones is 2. The quantitative estimate of drug-likeness (QED) is 0.377. The number of carbonyl (C=O) groups excluding carboxylic acids is 4. The van der Waals surface area contributed by atoms with Gasteiger partial charge in [-0.1, -0.05) is 12.1 Å². The monoisotopic (exact) mass is 413 g/mol. The van der Waals surface area contributed by atoms with E-state index in [-0.39, 0.29) is 24.4 Å². The molecule has 0 aliphatic heterocycles. The van der Waals surface area contributed by atoms with E-state index in [0.717, 1.165) is 4.90 Å². The Balaban J connectivity index is 1.80. The minimum Gasteiger partial charge on any atom is -0.453 e. The van der Waals surface area contributed by atoms with Gasteiger partial charge in [-0.05, 0) is 56.5 Å². The van der Waals surface area contributed by atoms with E-state index < -0.39 is 18.0 Å². The predicted octanol–water partition coefficient (Wildman–Crippen LogP) is 4.14. The molecule has 0 aromatic heterocycles. The number of Topliss-reactive ketones (excluding diaryl/α,β-unsaturated/α-hetero) is 2. The normalized spacial score (nSPS) is 11.4. The number of rotatable bonds is 9. The summed E-state index contributed by atoms with van der Waals surface area (Å²) in [6.07, 6.45) is 0.850. The van der Waals surface area contributed by atoms with Crippen LogP contribution in [-0.2, 0) is 14.3 Å². The lowest BCUT2D eigenvalue weighted by molar-refractivity contribution is -0.153. The zero-order valence-corrected chi connectivity index (χ0v) is 17.4. The summed E-state index contributed by atoms with van der Waals surface area (Å²) in [6.45, 7) is 2.92. The number of hydrogen-bond donors (Lipinski definition) is 1. The highest BCUT2D eigenvalue weighted by atomic mass is 32.2. The third kappa shape index (κ3) is 6.87. The van der Waals surface area contributed by atoms with Crippen LogP contribution in [0.5, 0.6) is 0 Å². The topological polar surface area (TPSA) is 89.5 Å². The van der Waals surface area contributed by atoms with E-state index in [1.165, 1.54) is 13.8 Å². The van der Waals surface area contributed by atoms with E-state index in [1.807, 2.05) is 18.4 Å². The summed E-state index contributed by atoms with van der Waals surface area (Å²) in [4.78, 5) is 48.6. The summed E-state index contributed by atoms with van der Waals surface area (Å²) in [5, 5.41) is 2.62. The van der Waals surface area contributed by atoms with Crippen LogP contribution in [0.25, 0.3) is 0 Å². The fourth-order valence-electron chi connectivity index (χ4n) is 2.48. The first kappa shape index (κ1) is 22.4. The smallest absolute Gasteiger partial charge is 0.307 e. The molecule has 0 saturated carbocycles. The molecule has 7 heteroatoms. The molecule has 0 unspecified atom stereocenters. The molecular weight excluding hydrogens is 390 g/mol. The van der Waals surface area contributed by atoms with Crippen LogP contribution in [0.3, 0.4) is 0 Å². The third-order valence-electron chi connectivity index (χ3n) is 4.20. The molecule has 2 aromatic carbocycles. The molecule has 2 rings (SSSR count). The molecule has 1 atom stereocenters. The fraction of sp³-hybridized carbons (Fsp3) is 0.273. The Hall–Kier alpha value is -2.93. The summed E-state index contributed by atoms with van der Waals surface area (Å²) in [5.74, 6) is -1.33. The van der Waals surface area contributed by atoms with Crippen LogP contribution in [0.4, 0.5) is 5.69 Å². The van der Waals surface area contributed by atoms with Crippen molar-refractivity contribution in [3.8, 4) is 0 Å². The maximum absolute atomic E-state index is 12.2. The lowest BCUT2D eigenvalue weighted by atomic mass is 10.1. The number of thioether (sulfide) groups is 1. The van der Waals surface area contributed by atoms with Crippen molar-refractivity contribution in [2.75, 3.05) is 11.6 Å². The number of esters is 1. The Morgan fingerprint density at radius 1 is 0.931 bits per heavy atom. The number of ether oxygens (including phenoxy) is 1. The molecule has 0 aliphatic carbocycles. The molecular formula is C22H23NO5S. The lowest BCUT2D eigenvalue weighted by Crippen LogP contribution is -2.30. The summed E-state index contributed by atoms with van der Waals surface area (Å²) < 4.78 is 5.11. The van der Waals surface area contributed by atoms with Crippen molar-refractivity contribution in [2.24, 2.45) is 0 Å². The fourth-order valence-corrected chi connectivity index (χ4v) is 2.89. The molecule has 2 aromatic rings. The molecule has 152 valence electrons. The minimum atomic E-state index is -1.01. The molecule has 0 bridgehead atoms. The van der Waals surface area contributed by atoms with Gasteiger partial charge in [-0.3, -0.25) is 19.2 Å². The van der Waals surface area contributed by atoms with Gasteiger partial charge in [-0.15, -0.1) is 11.8 Å². The summed E-state index contributed by atoms with van der Waals surface area (Å²) in [6, 6.07) is 13.6. The van der Waals surface area contributed by atoms with Gasteiger partial charge in [-0.2, -0.15) is 0 Å². The van der Waals surface area contributed by atoms with Crippen LogP contribution >= 0.6 is 11.8 Å². The maximum Gasteiger partial charge on any atom is 0.307 e. The molecule has 0 saturated heterocycles. The van der Waals surface area contributed by atoms with E-state index in [2.05, 4.69) is 5.32 Å². The van der Waals surface area contributed by atoms with Gasteiger partial charge in [-0.25, -0.2) is 0 Å². The maximum atomic E-state index is 12.2. The SMILES string of the molecule is CSc1ccc(C(=O)CCC(=O)O[C@H](C)C(=O)Nc2ccc(C(C)=O)cc2)cc1. The van der Waals surface area contributed by atoms with Crippen molar-refractivity contribution in [1.82, 2.24) is 0 Å². The van der Waals surface area contributed by atoms with Crippen molar-refractivity contribution in [3.63, 3.8) is 0 Å². The largest absolute Gasteiger partial charge is 0.453 e. The predicted molar refractivity (Wildman–Crippen MR) is 112 cm³/mol. The molecule has 0 fully saturated rings. The Kier molecular flexibility index (Phi) is 8.15. The average molecular weight is 413 g/mol. The van der Waals surface area contributed by atoms with Crippen molar-refractivity contribution < 1.29 is 23.9 Å². The standard InChI is InChI=1S/C22H23NO5S/c1-14(24)16-4-8-18(9-5-16)23-22(27)15(2)28-21(26)13-12-20(25)17-6-10-19(29-3)11-7-17/h4-11,15H,12-13H2,1-3H3,(H,23,27)/t15-/m1/s1. The van der Waals surface area contributed by atoms with E-state index in [0.29, 0.717) is 16.8 Å². The molecule has 29 heavy (non-hydrogen) atoms. The summed E-state index contributed by atoms with van der Waals surface area (Å²) >= 11 is 1.58. The third-order valence-corrected chi connectivity index (χ3v) is 4.95. The number of amides is 1. The first-order valence-electron chi connectivity index (χ1n) is 9.08. The first-order valence-corrected chi connectivity index (χ1v) is 10.3. The molecule has 1 N–H and O–H groups in total. The van der Waals surface area contributed by atoms with Crippen LogP contribution in [0.1, 0.15) is 47.4 Å². The molecule has 1 amide bonds. The lowest BCUT2D eigenvalue weighted by Gasteiger charge is -2.13. The Labute approximate surface area is 174 Å². The van der Waals surface area contributed by atoms with Crippen molar-refractivity contribution in [3.05, 3.63) is 59.7 Å². The molecule has 0 spiro atoms. The molecule has 0 radical (unpaired) electrons. The summed E-state index contributed by atoms with van der Waals surface area (Å²) in [7, 11) is 0. The van der Waals surface area contributed by atoms with E-state index in [4.69, 9.17) is 4.74 Å². The Bertz CT molecular complexity index is 890.